The summed E-state index contributed by atoms with van der Waals surface area (Å²) in [4.78, 5) is 0. The largest absolute Gasteiger partial charge is 0.370 e. The Morgan fingerprint density at radius 1 is 1.46 bits per heavy atom. The van der Waals surface area contributed by atoms with E-state index in [0.717, 1.165) is 0 Å². The number of guanidine groups is 2. The molecule has 7 heteroatoms. The lowest BCUT2D eigenvalue weighted by atomic mass is 10.1. The lowest BCUT2D eigenvalue weighted by Crippen LogP contribution is -2.51. The van der Waals surface area contributed by atoms with Gasteiger partial charge in [0.25, 0.3) is 0 Å². The van der Waals surface area contributed by atoms with E-state index >= 15 is 0 Å². The van der Waals surface area contributed by atoms with E-state index in [0.29, 0.717) is 0 Å². The van der Waals surface area contributed by atoms with Gasteiger partial charge in [0.1, 0.15) is 5.54 Å². The Bertz CT molecular complexity index is 240. The van der Waals surface area contributed by atoms with Crippen LogP contribution in [-0.2, 0) is 0 Å². The van der Waals surface area contributed by atoms with Crippen molar-refractivity contribution >= 4 is 24.3 Å². The van der Waals surface area contributed by atoms with E-state index in [2.05, 4.69) is 10.6 Å². The molecular weight excluding hydrogens is 192 g/mol. The van der Waals surface area contributed by atoms with Crippen LogP contribution in [0.1, 0.15) is 13.8 Å². The minimum atomic E-state index is -0.834. The van der Waals surface area contributed by atoms with Crippen LogP contribution in [0.2, 0.25) is 0 Å². The molecule has 0 rings (SSSR count). The Balaban J connectivity index is 0. The number of rotatable bonds is 1. The summed E-state index contributed by atoms with van der Waals surface area (Å²) in [7, 11) is 0. The third-order valence-electron chi connectivity index (χ3n) is 0.977. The summed E-state index contributed by atoms with van der Waals surface area (Å²) < 4.78 is 0. The third kappa shape index (κ3) is 6.90. The van der Waals surface area contributed by atoms with Crippen LogP contribution in [0.3, 0.4) is 0 Å². The van der Waals surface area contributed by atoms with Crippen LogP contribution in [0, 0.1) is 22.1 Å². The highest BCUT2D eigenvalue weighted by atomic mass is 35.5. The van der Waals surface area contributed by atoms with Gasteiger partial charge in [-0.1, -0.05) is 0 Å². The molecule has 0 aromatic carbocycles. The molecular formula is C6H13ClN6. The SMILES string of the molecule is CC(C)(C#N)NC(=N)NC(=N)N.Cl. The quantitative estimate of drug-likeness (QED) is 0.298. The van der Waals surface area contributed by atoms with Crippen molar-refractivity contribution in [2.75, 3.05) is 0 Å². The maximum Gasteiger partial charge on any atom is 0.196 e. The summed E-state index contributed by atoms with van der Waals surface area (Å²) in [5.74, 6) is -0.490. The Labute approximate surface area is 82.9 Å². The van der Waals surface area contributed by atoms with E-state index in [1.165, 1.54) is 0 Å². The molecule has 0 saturated carbocycles. The minimum absolute atomic E-state index is 0. The highest BCUT2D eigenvalue weighted by Crippen LogP contribution is 1.96. The van der Waals surface area contributed by atoms with Crippen LogP contribution in [0.15, 0.2) is 0 Å². The molecule has 0 fully saturated rings. The average molecular weight is 205 g/mol. The zero-order valence-electron chi connectivity index (χ0n) is 7.43. The molecule has 6 nitrogen and oxygen atoms in total. The maximum absolute atomic E-state index is 8.56. The van der Waals surface area contributed by atoms with Gasteiger partial charge in [0, 0.05) is 0 Å². The lowest BCUT2D eigenvalue weighted by Gasteiger charge is -2.19. The molecule has 74 valence electrons. The van der Waals surface area contributed by atoms with Crippen LogP contribution in [0.25, 0.3) is 0 Å². The van der Waals surface area contributed by atoms with Gasteiger partial charge >= 0.3 is 0 Å². The predicted octanol–water partition coefficient (Wildman–Crippen LogP) is -0.282. The number of nitrogens with two attached hydrogens (primary N) is 1. The monoisotopic (exact) mass is 204 g/mol. The standard InChI is InChI=1S/C6H12N6.ClH/c1-6(2,3-7)12-5(10)11-4(8)9;/h1-2H3,(H6,8,9,10,11,12);1H. The predicted molar refractivity (Wildman–Crippen MR) is 52.9 cm³/mol. The zero-order valence-corrected chi connectivity index (χ0v) is 8.25. The van der Waals surface area contributed by atoms with Gasteiger partial charge in [-0.2, -0.15) is 5.26 Å². The second-order valence-electron chi connectivity index (χ2n) is 2.78. The Hall–Kier alpha value is -1.48. The van der Waals surface area contributed by atoms with Crippen molar-refractivity contribution in [1.29, 1.82) is 16.1 Å². The number of hydrogen-bond acceptors (Lipinski definition) is 3. The Kier molecular flexibility index (Phi) is 5.64. The average Bonchev–Trinajstić information content (AvgIpc) is 1.84. The van der Waals surface area contributed by atoms with Crippen molar-refractivity contribution in [2.24, 2.45) is 5.73 Å². The summed E-state index contributed by atoms with van der Waals surface area (Å²) in [5.41, 5.74) is 4.13. The van der Waals surface area contributed by atoms with E-state index < -0.39 is 5.54 Å². The molecule has 0 aliphatic heterocycles. The van der Waals surface area contributed by atoms with Crippen molar-refractivity contribution in [3.8, 4) is 6.07 Å². The Morgan fingerprint density at radius 3 is 2.23 bits per heavy atom. The Morgan fingerprint density at radius 2 is 1.92 bits per heavy atom. The summed E-state index contributed by atoms with van der Waals surface area (Å²) in [6.07, 6.45) is 0. The fourth-order valence-electron chi connectivity index (χ4n) is 0.506. The van der Waals surface area contributed by atoms with Crippen LogP contribution >= 0.6 is 12.4 Å². The molecule has 0 aliphatic carbocycles. The summed E-state index contributed by atoms with van der Waals surface area (Å²) in [6, 6.07) is 1.94. The molecule has 0 bridgehead atoms. The minimum Gasteiger partial charge on any atom is -0.370 e. The molecule has 0 aromatic heterocycles. The molecule has 0 aliphatic rings. The molecule has 0 aromatic rings. The topological polar surface area (TPSA) is 122 Å². The molecule has 0 atom stereocenters. The summed E-state index contributed by atoms with van der Waals surface area (Å²) in [5, 5.41) is 27.3. The van der Waals surface area contributed by atoms with Crippen molar-refractivity contribution in [1.82, 2.24) is 10.6 Å². The van der Waals surface area contributed by atoms with Crippen molar-refractivity contribution in [3.63, 3.8) is 0 Å². The van der Waals surface area contributed by atoms with E-state index in [1.54, 1.807) is 13.8 Å². The van der Waals surface area contributed by atoms with E-state index in [1.807, 2.05) is 6.07 Å². The first kappa shape index (κ1) is 14.1. The normalized spacial score (nSPS) is 9.00. The van der Waals surface area contributed by atoms with E-state index in [4.69, 9.17) is 21.8 Å². The molecule has 0 unspecified atom stereocenters. The highest BCUT2D eigenvalue weighted by molar-refractivity contribution is 5.95. The maximum atomic E-state index is 8.56. The molecule has 0 radical (unpaired) electrons. The van der Waals surface area contributed by atoms with E-state index in [-0.39, 0.29) is 24.3 Å². The first-order chi connectivity index (χ1) is 5.37. The molecule has 6 N–H and O–H groups in total. The number of nitrogens with one attached hydrogen (secondary N) is 4. The second-order valence-corrected chi connectivity index (χ2v) is 2.78. The lowest BCUT2D eigenvalue weighted by molar-refractivity contribution is 0.582. The molecule has 0 saturated heterocycles. The van der Waals surface area contributed by atoms with Crippen LogP contribution < -0.4 is 16.4 Å². The van der Waals surface area contributed by atoms with Crippen LogP contribution in [0.5, 0.6) is 0 Å². The number of hydrogen-bond donors (Lipinski definition) is 5. The number of halogens is 1. The smallest absolute Gasteiger partial charge is 0.196 e. The molecule has 13 heavy (non-hydrogen) atoms. The highest BCUT2D eigenvalue weighted by Gasteiger charge is 2.16. The summed E-state index contributed by atoms with van der Waals surface area (Å²) in [6.45, 7) is 3.23. The van der Waals surface area contributed by atoms with Crippen LogP contribution in [0.4, 0.5) is 0 Å². The first-order valence-corrected chi connectivity index (χ1v) is 3.26. The first-order valence-electron chi connectivity index (χ1n) is 3.26. The fourth-order valence-corrected chi connectivity index (χ4v) is 0.506. The van der Waals surface area contributed by atoms with Crippen molar-refractivity contribution in [2.45, 2.75) is 19.4 Å². The molecule has 0 heterocycles. The second kappa shape index (κ2) is 5.22. The fraction of sp³-hybridized carbons (Fsp3) is 0.500. The van der Waals surface area contributed by atoms with E-state index in [9.17, 15) is 0 Å². The third-order valence-corrected chi connectivity index (χ3v) is 0.977. The van der Waals surface area contributed by atoms with Gasteiger partial charge in [-0.15, -0.1) is 12.4 Å². The van der Waals surface area contributed by atoms with Gasteiger partial charge in [0.2, 0.25) is 0 Å². The van der Waals surface area contributed by atoms with Crippen molar-refractivity contribution < 1.29 is 0 Å². The van der Waals surface area contributed by atoms with Gasteiger partial charge in [-0.25, -0.2) is 0 Å². The van der Waals surface area contributed by atoms with Gasteiger partial charge < -0.3 is 11.1 Å². The number of nitrogens with zero attached hydrogens (tertiary/aromatic N) is 1. The van der Waals surface area contributed by atoms with Crippen molar-refractivity contribution in [3.05, 3.63) is 0 Å². The zero-order chi connectivity index (χ0) is 9.78. The van der Waals surface area contributed by atoms with Gasteiger partial charge in [-0.3, -0.25) is 16.1 Å². The number of nitriles is 1. The van der Waals surface area contributed by atoms with Crippen LogP contribution in [-0.4, -0.2) is 17.5 Å². The van der Waals surface area contributed by atoms with Gasteiger partial charge in [0.15, 0.2) is 11.9 Å². The van der Waals surface area contributed by atoms with Gasteiger partial charge in [-0.05, 0) is 13.8 Å². The van der Waals surface area contributed by atoms with Gasteiger partial charge in [0.05, 0.1) is 6.07 Å². The molecule has 0 amide bonds. The summed E-state index contributed by atoms with van der Waals surface area (Å²) >= 11 is 0. The molecule has 0 spiro atoms.